The number of esters is 3. The molecule has 0 spiro atoms. The summed E-state index contributed by atoms with van der Waals surface area (Å²) in [6.45, 7) is 6.40. The molecule has 0 aromatic carbocycles. The fourth-order valence-electron chi connectivity index (χ4n) is 7.92. The van der Waals surface area contributed by atoms with Crippen molar-refractivity contribution in [2.45, 2.75) is 271 Å². The first-order valence-electron chi connectivity index (χ1n) is 30.0. The molecule has 1 atom stereocenters. The van der Waals surface area contributed by atoms with Crippen molar-refractivity contribution in [3.63, 3.8) is 0 Å². The minimum Gasteiger partial charge on any atom is -0.462 e. The molecule has 6 heteroatoms. The summed E-state index contributed by atoms with van der Waals surface area (Å²) in [5.74, 6) is -0.933. The van der Waals surface area contributed by atoms with Crippen LogP contribution in [0.2, 0.25) is 0 Å². The molecule has 0 aromatic rings. The average Bonchev–Trinajstić information content (AvgIpc) is 3.39. The van der Waals surface area contributed by atoms with Gasteiger partial charge in [-0.05, 0) is 128 Å². The van der Waals surface area contributed by atoms with E-state index in [0.29, 0.717) is 19.3 Å². The predicted octanol–water partition coefficient (Wildman–Crippen LogP) is 20.4. The lowest BCUT2D eigenvalue weighted by Crippen LogP contribution is -2.30. The summed E-state index contributed by atoms with van der Waals surface area (Å²) in [5, 5.41) is 0. The van der Waals surface area contributed by atoms with E-state index in [9.17, 15) is 14.4 Å². The molecule has 73 heavy (non-hydrogen) atoms. The van der Waals surface area contributed by atoms with Gasteiger partial charge in [0.15, 0.2) is 6.10 Å². The first-order chi connectivity index (χ1) is 36.0. The van der Waals surface area contributed by atoms with E-state index < -0.39 is 6.10 Å². The van der Waals surface area contributed by atoms with E-state index in [4.69, 9.17) is 14.2 Å². The summed E-state index contributed by atoms with van der Waals surface area (Å²) in [6.07, 6.45) is 83.3. The van der Waals surface area contributed by atoms with Crippen molar-refractivity contribution >= 4 is 17.9 Å². The van der Waals surface area contributed by atoms with Crippen LogP contribution in [0.1, 0.15) is 265 Å². The quantitative estimate of drug-likeness (QED) is 0.0261. The molecule has 0 heterocycles. The smallest absolute Gasteiger partial charge is 0.306 e. The monoisotopic (exact) mass is 1010 g/mol. The summed E-state index contributed by atoms with van der Waals surface area (Å²) >= 11 is 0. The van der Waals surface area contributed by atoms with Crippen LogP contribution in [0.15, 0.2) is 122 Å². The van der Waals surface area contributed by atoms with Crippen LogP contribution in [0, 0.1) is 0 Å². The van der Waals surface area contributed by atoms with Gasteiger partial charge < -0.3 is 14.2 Å². The van der Waals surface area contributed by atoms with Crippen LogP contribution in [0.4, 0.5) is 0 Å². The number of ether oxygens (including phenoxy) is 3. The number of hydrogen-bond donors (Lipinski definition) is 0. The number of carbonyl (C=O) groups is 3. The highest BCUT2D eigenvalue weighted by Crippen LogP contribution is 2.14. The lowest BCUT2D eigenvalue weighted by Gasteiger charge is -2.18. The van der Waals surface area contributed by atoms with Crippen molar-refractivity contribution in [2.24, 2.45) is 0 Å². The Balaban J connectivity index is 4.42. The van der Waals surface area contributed by atoms with Gasteiger partial charge in [-0.25, -0.2) is 0 Å². The van der Waals surface area contributed by atoms with Crippen LogP contribution in [0.5, 0.6) is 0 Å². The number of hydrogen-bond acceptors (Lipinski definition) is 6. The van der Waals surface area contributed by atoms with Gasteiger partial charge in [0.25, 0.3) is 0 Å². The fraction of sp³-hybridized carbons (Fsp3) is 0.657. The third kappa shape index (κ3) is 58.6. The Morgan fingerprint density at radius 2 is 0.562 bits per heavy atom. The van der Waals surface area contributed by atoms with Crippen molar-refractivity contribution in [1.29, 1.82) is 0 Å². The third-order valence-electron chi connectivity index (χ3n) is 12.4. The molecule has 414 valence electrons. The second-order valence-corrected chi connectivity index (χ2v) is 19.5. The SMILES string of the molecule is CC/C=C\C/C=C\C/C=C\C/C=C\C/C=C\CCCCCCCCCC(=O)OCC(COC(=O)CCCCCCC/C=C\C/C=C\CCC)OC(=O)CCCCCCCC/C=C\C/C=C\C/C=C\CCCCC. The zero-order valence-corrected chi connectivity index (χ0v) is 47.4. The summed E-state index contributed by atoms with van der Waals surface area (Å²) < 4.78 is 16.9. The zero-order chi connectivity index (χ0) is 52.9. The van der Waals surface area contributed by atoms with Gasteiger partial charge in [-0.1, -0.05) is 239 Å². The minimum absolute atomic E-state index is 0.0967. The molecule has 0 fully saturated rings. The predicted molar refractivity (Wildman–Crippen MR) is 316 cm³/mol. The molecule has 1 unspecified atom stereocenters. The molecule has 6 nitrogen and oxygen atoms in total. The summed E-state index contributed by atoms with van der Waals surface area (Å²) in [6, 6.07) is 0. The molecule has 0 saturated heterocycles. The molecule has 0 bridgehead atoms. The van der Waals surface area contributed by atoms with Crippen LogP contribution in [0.25, 0.3) is 0 Å². The lowest BCUT2D eigenvalue weighted by molar-refractivity contribution is -0.167. The molecule has 0 aliphatic rings. The van der Waals surface area contributed by atoms with Gasteiger partial charge in [-0.2, -0.15) is 0 Å². The number of rotatable bonds is 53. The average molecular weight is 1010 g/mol. The molecule has 0 saturated carbocycles. The molecule has 0 N–H and O–H groups in total. The van der Waals surface area contributed by atoms with Crippen LogP contribution >= 0.6 is 0 Å². The van der Waals surface area contributed by atoms with Crippen molar-refractivity contribution in [1.82, 2.24) is 0 Å². The van der Waals surface area contributed by atoms with Crippen molar-refractivity contribution in [3.8, 4) is 0 Å². The first-order valence-corrected chi connectivity index (χ1v) is 30.0. The summed E-state index contributed by atoms with van der Waals surface area (Å²) in [4.78, 5) is 38.2. The Hall–Kier alpha value is -4.19. The lowest BCUT2D eigenvalue weighted by atomic mass is 10.1. The Labute approximate surface area is 450 Å². The fourth-order valence-corrected chi connectivity index (χ4v) is 7.92. The second-order valence-electron chi connectivity index (χ2n) is 19.5. The van der Waals surface area contributed by atoms with Crippen LogP contribution in [-0.2, 0) is 28.6 Å². The van der Waals surface area contributed by atoms with Crippen molar-refractivity contribution in [3.05, 3.63) is 122 Å². The zero-order valence-electron chi connectivity index (χ0n) is 47.4. The largest absolute Gasteiger partial charge is 0.462 e. The maximum Gasteiger partial charge on any atom is 0.306 e. The van der Waals surface area contributed by atoms with Crippen molar-refractivity contribution in [2.75, 3.05) is 13.2 Å². The van der Waals surface area contributed by atoms with Gasteiger partial charge in [0, 0.05) is 19.3 Å². The molecule has 0 aromatic heterocycles. The first kappa shape index (κ1) is 68.8. The van der Waals surface area contributed by atoms with E-state index in [1.807, 2.05) is 0 Å². The summed E-state index contributed by atoms with van der Waals surface area (Å²) in [7, 11) is 0. The second kappa shape index (κ2) is 60.4. The van der Waals surface area contributed by atoms with Gasteiger partial charge >= 0.3 is 17.9 Å². The van der Waals surface area contributed by atoms with Gasteiger partial charge in [-0.15, -0.1) is 0 Å². The van der Waals surface area contributed by atoms with Gasteiger partial charge in [0.05, 0.1) is 0 Å². The number of carbonyl (C=O) groups excluding carboxylic acids is 3. The van der Waals surface area contributed by atoms with Gasteiger partial charge in [0.1, 0.15) is 13.2 Å². The maximum atomic E-state index is 12.9. The Kier molecular flexibility index (Phi) is 56.9. The van der Waals surface area contributed by atoms with Crippen molar-refractivity contribution < 1.29 is 28.6 Å². The van der Waals surface area contributed by atoms with E-state index in [0.717, 1.165) is 154 Å². The van der Waals surface area contributed by atoms with E-state index in [-0.39, 0.29) is 31.1 Å². The van der Waals surface area contributed by atoms with E-state index in [1.54, 1.807) is 0 Å². The van der Waals surface area contributed by atoms with E-state index in [1.165, 1.54) is 70.6 Å². The van der Waals surface area contributed by atoms with Crippen LogP contribution in [0.3, 0.4) is 0 Å². The van der Waals surface area contributed by atoms with Crippen LogP contribution in [-0.4, -0.2) is 37.2 Å². The van der Waals surface area contributed by atoms with Gasteiger partial charge in [0.2, 0.25) is 0 Å². The maximum absolute atomic E-state index is 12.9. The molecular weight excluding hydrogens is 901 g/mol. The van der Waals surface area contributed by atoms with Gasteiger partial charge in [-0.3, -0.25) is 14.4 Å². The minimum atomic E-state index is -0.800. The Morgan fingerprint density at radius 3 is 0.890 bits per heavy atom. The van der Waals surface area contributed by atoms with E-state index >= 15 is 0 Å². The standard InChI is InChI=1S/C67H110O6/c1-4-7-10-13-16-19-22-25-27-29-31-32-33-34-36-37-39-42-45-48-51-54-57-60-66(69)72-63-64(62-71-65(68)59-56-53-50-47-44-41-24-21-18-15-12-9-6-3)73-67(70)61-58-55-52-49-46-43-40-38-35-30-28-26-23-20-17-14-11-8-5-2/h7,10,12,15-17,19-21,24-28,31-32,34-36,38,64H,4-6,8-9,11,13-14,18,22-23,29-30,33,37,39-63H2,1-3H3/b10-7-,15-12-,19-16-,20-17-,24-21-,27-25-,28-26-,32-31-,36-34-,38-35-. The van der Waals surface area contributed by atoms with Crippen LogP contribution < -0.4 is 0 Å². The molecule has 0 radical (unpaired) electrons. The summed E-state index contributed by atoms with van der Waals surface area (Å²) in [5.41, 5.74) is 0. The molecule has 0 amide bonds. The molecule has 0 aliphatic heterocycles. The number of allylic oxidation sites excluding steroid dienone is 20. The third-order valence-corrected chi connectivity index (χ3v) is 12.4. The number of unbranched alkanes of at least 4 members (excludes halogenated alkanes) is 22. The highest BCUT2D eigenvalue weighted by atomic mass is 16.6. The molecule has 0 rings (SSSR count). The van der Waals surface area contributed by atoms with E-state index in [2.05, 4.69) is 142 Å². The molecule has 0 aliphatic carbocycles. The Morgan fingerprint density at radius 1 is 0.288 bits per heavy atom. The molecular formula is C67H110O6. The Bertz CT molecular complexity index is 1540. The highest BCUT2D eigenvalue weighted by molar-refractivity contribution is 5.71. The highest BCUT2D eigenvalue weighted by Gasteiger charge is 2.19. The topological polar surface area (TPSA) is 78.9 Å². The normalized spacial score (nSPS) is 13.0.